The number of amides is 2. The van der Waals surface area contributed by atoms with E-state index in [0.717, 1.165) is 0 Å². The molecule has 1 N–H and O–H groups in total. The minimum Gasteiger partial charge on any atom is -0.349 e. The third-order valence-corrected chi connectivity index (χ3v) is 5.53. The van der Waals surface area contributed by atoms with Gasteiger partial charge in [0.1, 0.15) is 5.82 Å². The molecule has 0 aliphatic carbocycles. The summed E-state index contributed by atoms with van der Waals surface area (Å²) in [6, 6.07) is 8.75. The Morgan fingerprint density at radius 1 is 1.00 bits per heavy atom. The number of rotatable bonds is 3. The van der Waals surface area contributed by atoms with E-state index >= 15 is 0 Å². The van der Waals surface area contributed by atoms with Crippen molar-refractivity contribution in [2.24, 2.45) is 0 Å². The van der Waals surface area contributed by atoms with Gasteiger partial charge in [-0.3, -0.25) is 9.59 Å². The third kappa shape index (κ3) is 4.54. The van der Waals surface area contributed by atoms with E-state index in [4.69, 9.17) is 34.8 Å². The highest BCUT2D eigenvalue weighted by Crippen LogP contribution is 2.24. The van der Waals surface area contributed by atoms with Gasteiger partial charge in [0.15, 0.2) is 0 Å². The maximum absolute atomic E-state index is 13.9. The van der Waals surface area contributed by atoms with Crippen LogP contribution in [-0.4, -0.2) is 35.8 Å². The van der Waals surface area contributed by atoms with E-state index in [1.165, 1.54) is 24.3 Å². The first-order valence-electron chi connectivity index (χ1n) is 8.36. The minimum atomic E-state index is -0.637. The van der Waals surface area contributed by atoms with Gasteiger partial charge in [-0.2, -0.15) is 0 Å². The number of nitrogens with one attached hydrogen (secondary N) is 1. The van der Waals surface area contributed by atoms with Crippen molar-refractivity contribution in [1.29, 1.82) is 0 Å². The number of carbonyl (C=O) groups is 2. The van der Waals surface area contributed by atoms with Crippen LogP contribution >= 0.6 is 34.8 Å². The Hall–Kier alpha value is -1.82. The molecular weight excluding hydrogens is 414 g/mol. The number of halogens is 4. The number of nitrogens with zero attached hydrogens (tertiary/aromatic N) is 1. The van der Waals surface area contributed by atoms with Gasteiger partial charge in [0.05, 0.1) is 20.6 Å². The second-order valence-electron chi connectivity index (χ2n) is 6.27. The molecule has 1 fully saturated rings. The Morgan fingerprint density at radius 2 is 1.70 bits per heavy atom. The maximum atomic E-state index is 13.9. The molecule has 0 saturated carbocycles. The van der Waals surface area contributed by atoms with Crippen molar-refractivity contribution in [3.63, 3.8) is 0 Å². The molecule has 4 nitrogen and oxygen atoms in total. The van der Waals surface area contributed by atoms with Gasteiger partial charge < -0.3 is 10.2 Å². The molecule has 27 heavy (non-hydrogen) atoms. The normalized spacial score (nSPS) is 14.9. The zero-order valence-corrected chi connectivity index (χ0v) is 16.4. The zero-order valence-electron chi connectivity index (χ0n) is 14.1. The number of benzene rings is 2. The van der Waals surface area contributed by atoms with Gasteiger partial charge in [-0.05, 0) is 43.2 Å². The van der Waals surface area contributed by atoms with E-state index in [1.54, 1.807) is 17.0 Å². The van der Waals surface area contributed by atoms with Crippen LogP contribution in [0.1, 0.15) is 33.6 Å². The Labute approximate surface area is 171 Å². The molecule has 2 aromatic rings. The van der Waals surface area contributed by atoms with Gasteiger partial charge in [-0.15, -0.1) is 0 Å². The van der Waals surface area contributed by atoms with Gasteiger partial charge in [-0.25, -0.2) is 4.39 Å². The molecule has 0 unspecified atom stereocenters. The molecule has 8 heteroatoms. The summed E-state index contributed by atoms with van der Waals surface area (Å²) in [5.74, 6) is -1.33. The van der Waals surface area contributed by atoms with E-state index in [1.807, 2.05) is 0 Å². The van der Waals surface area contributed by atoms with E-state index in [2.05, 4.69) is 5.32 Å². The largest absolute Gasteiger partial charge is 0.349 e. The lowest BCUT2D eigenvalue weighted by atomic mass is 10.0. The van der Waals surface area contributed by atoms with E-state index < -0.39 is 11.7 Å². The molecule has 142 valence electrons. The molecule has 2 aromatic carbocycles. The SMILES string of the molecule is O=C(NC1CCN(C(=O)c2c(F)cccc2Cl)CC1)c1ccc(Cl)c(Cl)c1. The van der Waals surface area contributed by atoms with Crippen LogP contribution < -0.4 is 5.32 Å². The molecule has 2 amide bonds. The lowest BCUT2D eigenvalue weighted by Gasteiger charge is -2.32. The van der Waals surface area contributed by atoms with Crippen molar-refractivity contribution in [1.82, 2.24) is 10.2 Å². The molecule has 0 aromatic heterocycles. The molecule has 0 radical (unpaired) electrons. The molecule has 1 saturated heterocycles. The van der Waals surface area contributed by atoms with Crippen LogP contribution in [0, 0.1) is 5.82 Å². The van der Waals surface area contributed by atoms with Crippen LogP contribution in [0.25, 0.3) is 0 Å². The standard InChI is InChI=1S/C19H16Cl3FN2O2/c20-13-5-4-11(10-15(13)22)18(26)24-12-6-8-25(9-7-12)19(27)17-14(21)2-1-3-16(17)23/h1-5,10,12H,6-9H2,(H,24,26). The predicted molar refractivity (Wildman–Crippen MR) is 104 cm³/mol. The van der Waals surface area contributed by atoms with Gasteiger partial charge in [-0.1, -0.05) is 40.9 Å². The monoisotopic (exact) mass is 428 g/mol. The van der Waals surface area contributed by atoms with Crippen molar-refractivity contribution >= 4 is 46.6 Å². The average Bonchev–Trinajstić information content (AvgIpc) is 2.64. The van der Waals surface area contributed by atoms with E-state index in [-0.39, 0.29) is 22.5 Å². The van der Waals surface area contributed by atoms with Crippen LogP contribution in [0.2, 0.25) is 15.1 Å². The van der Waals surface area contributed by atoms with Crippen molar-refractivity contribution in [3.8, 4) is 0 Å². The fourth-order valence-electron chi connectivity index (χ4n) is 2.99. The number of hydrogen-bond donors (Lipinski definition) is 1. The predicted octanol–water partition coefficient (Wildman–Crippen LogP) is 4.82. The van der Waals surface area contributed by atoms with Gasteiger partial charge >= 0.3 is 0 Å². The lowest BCUT2D eigenvalue weighted by Crippen LogP contribution is -2.46. The summed E-state index contributed by atoms with van der Waals surface area (Å²) in [6.07, 6.45) is 1.12. The Kier molecular flexibility index (Phi) is 6.25. The topological polar surface area (TPSA) is 49.4 Å². The maximum Gasteiger partial charge on any atom is 0.258 e. The molecule has 3 rings (SSSR count). The third-order valence-electron chi connectivity index (χ3n) is 4.48. The van der Waals surface area contributed by atoms with Crippen molar-refractivity contribution in [2.45, 2.75) is 18.9 Å². The molecular formula is C19H16Cl3FN2O2. The number of carbonyl (C=O) groups excluding carboxylic acids is 2. The van der Waals surface area contributed by atoms with Crippen LogP contribution in [0.5, 0.6) is 0 Å². The smallest absolute Gasteiger partial charge is 0.258 e. The summed E-state index contributed by atoms with van der Waals surface area (Å²) < 4.78 is 13.9. The first-order valence-corrected chi connectivity index (χ1v) is 9.49. The van der Waals surface area contributed by atoms with Crippen molar-refractivity contribution < 1.29 is 14.0 Å². The van der Waals surface area contributed by atoms with Gasteiger partial charge in [0.25, 0.3) is 11.8 Å². The molecule has 1 aliphatic heterocycles. The summed E-state index contributed by atoms with van der Waals surface area (Å²) >= 11 is 17.8. The van der Waals surface area contributed by atoms with Crippen molar-refractivity contribution in [3.05, 3.63) is 68.4 Å². The summed E-state index contributed by atoms with van der Waals surface area (Å²) in [5.41, 5.74) is 0.304. The van der Waals surface area contributed by atoms with Gasteiger partial charge in [0, 0.05) is 24.7 Å². The number of likely N-dealkylation sites (tertiary alicyclic amines) is 1. The molecule has 1 heterocycles. The summed E-state index contributed by atoms with van der Waals surface area (Å²) in [6.45, 7) is 0.797. The number of hydrogen-bond acceptors (Lipinski definition) is 2. The quantitative estimate of drug-likeness (QED) is 0.760. The van der Waals surface area contributed by atoms with Crippen LogP contribution in [0.4, 0.5) is 4.39 Å². The Morgan fingerprint density at radius 3 is 2.33 bits per heavy atom. The summed E-state index contributed by atoms with van der Waals surface area (Å²) in [7, 11) is 0. The first-order chi connectivity index (χ1) is 12.9. The van der Waals surface area contributed by atoms with Crippen LogP contribution in [0.15, 0.2) is 36.4 Å². The van der Waals surface area contributed by atoms with Crippen LogP contribution in [-0.2, 0) is 0 Å². The van der Waals surface area contributed by atoms with Crippen molar-refractivity contribution in [2.75, 3.05) is 13.1 Å². The Bertz CT molecular complexity index is 863. The summed E-state index contributed by atoms with van der Waals surface area (Å²) in [4.78, 5) is 26.4. The van der Waals surface area contributed by atoms with E-state index in [0.29, 0.717) is 41.5 Å². The highest BCUT2D eigenvalue weighted by molar-refractivity contribution is 6.42. The molecule has 0 spiro atoms. The van der Waals surface area contributed by atoms with Gasteiger partial charge in [0.2, 0.25) is 0 Å². The number of piperidine rings is 1. The zero-order chi connectivity index (χ0) is 19.6. The average molecular weight is 430 g/mol. The minimum absolute atomic E-state index is 0.0907. The van der Waals surface area contributed by atoms with Crippen LogP contribution in [0.3, 0.4) is 0 Å². The molecule has 1 aliphatic rings. The second kappa shape index (κ2) is 8.46. The molecule has 0 bridgehead atoms. The highest BCUT2D eigenvalue weighted by atomic mass is 35.5. The second-order valence-corrected chi connectivity index (χ2v) is 7.49. The van der Waals surface area contributed by atoms with E-state index in [9.17, 15) is 14.0 Å². The Balaban J connectivity index is 1.59. The fourth-order valence-corrected chi connectivity index (χ4v) is 3.54. The summed E-state index contributed by atoms with van der Waals surface area (Å²) in [5, 5.41) is 3.71. The first kappa shape index (κ1) is 19.9. The fraction of sp³-hybridized carbons (Fsp3) is 0.263. The highest BCUT2D eigenvalue weighted by Gasteiger charge is 2.27. The molecule has 0 atom stereocenters. The lowest BCUT2D eigenvalue weighted by molar-refractivity contribution is 0.0694.